The van der Waals surface area contributed by atoms with Crippen LogP contribution in [0.3, 0.4) is 0 Å². The largest absolute Gasteiger partial charge is 0.367 e. The van der Waals surface area contributed by atoms with Crippen LogP contribution in [0.15, 0.2) is 0 Å². The standard InChI is InChI=1S/C9H13F2NO/c10-6-8(4-2-1-3-5-8)9(6,11)7(12)13/h6H,1-5H2,(H2,12,13). The van der Waals surface area contributed by atoms with Crippen LogP contribution in [0.2, 0.25) is 0 Å². The van der Waals surface area contributed by atoms with E-state index in [0.717, 1.165) is 19.3 Å². The molecule has 0 aromatic carbocycles. The maximum atomic E-state index is 13.7. The molecule has 2 fully saturated rings. The fraction of sp³-hybridized carbons (Fsp3) is 0.889. The molecule has 2 nitrogen and oxygen atoms in total. The minimum absolute atomic E-state index is 0.466. The fourth-order valence-electron chi connectivity index (χ4n) is 2.67. The van der Waals surface area contributed by atoms with Crippen LogP contribution in [-0.4, -0.2) is 17.7 Å². The lowest BCUT2D eigenvalue weighted by Crippen LogP contribution is -2.33. The molecule has 0 radical (unpaired) electrons. The van der Waals surface area contributed by atoms with Gasteiger partial charge in [-0.2, -0.15) is 0 Å². The average Bonchev–Trinajstić information content (AvgIpc) is 2.57. The average molecular weight is 189 g/mol. The van der Waals surface area contributed by atoms with E-state index in [4.69, 9.17) is 5.73 Å². The fourth-order valence-corrected chi connectivity index (χ4v) is 2.67. The number of halogens is 2. The summed E-state index contributed by atoms with van der Waals surface area (Å²) in [6.07, 6.45) is 1.89. The lowest BCUT2D eigenvalue weighted by molar-refractivity contribution is -0.126. The van der Waals surface area contributed by atoms with Gasteiger partial charge in [-0.3, -0.25) is 4.79 Å². The highest BCUT2D eigenvalue weighted by molar-refractivity contribution is 5.90. The second-order valence-corrected chi connectivity index (χ2v) is 4.16. The third kappa shape index (κ3) is 0.837. The normalized spacial score (nSPS) is 41.8. The van der Waals surface area contributed by atoms with Crippen molar-refractivity contribution in [1.82, 2.24) is 0 Å². The second-order valence-electron chi connectivity index (χ2n) is 4.16. The second kappa shape index (κ2) is 2.42. The van der Waals surface area contributed by atoms with E-state index >= 15 is 0 Å². The third-order valence-electron chi connectivity index (χ3n) is 3.58. The Kier molecular flexibility index (Phi) is 1.66. The van der Waals surface area contributed by atoms with Gasteiger partial charge in [0.05, 0.1) is 5.41 Å². The van der Waals surface area contributed by atoms with Gasteiger partial charge in [0.2, 0.25) is 5.67 Å². The lowest BCUT2D eigenvalue weighted by atomic mass is 9.83. The van der Waals surface area contributed by atoms with Crippen molar-refractivity contribution in [1.29, 1.82) is 0 Å². The summed E-state index contributed by atoms with van der Waals surface area (Å²) in [5.41, 5.74) is 1.48. The number of amides is 1. The molecule has 0 bridgehead atoms. The first-order valence-corrected chi connectivity index (χ1v) is 4.68. The number of carbonyl (C=O) groups is 1. The van der Waals surface area contributed by atoms with E-state index in [2.05, 4.69) is 0 Å². The van der Waals surface area contributed by atoms with Crippen LogP contribution in [0.1, 0.15) is 32.1 Å². The first kappa shape index (κ1) is 8.91. The Bertz CT molecular complexity index is 250. The van der Waals surface area contributed by atoms with E-state index in [9.17, 15) is 13.6 Å². The van der Waals surface area contributed by atoms with E-state index in [1.165, 1.54) is 0 Å². The number of hydrogen-bond donors (Lipinski definition) is 1. The molecule has 2 rings (SSSR count). The molecule has 4 heteroatoms. The summed E-state index contributed by atoms with van der Waals surface area (Å²) in [5, 5.41) is 0. The van der Waals surface area contributed by atoms with Gasteiger partial charge in [0.15, 0.2) is 6.17 Å². The summed E-state index contributed by atoms with van der Waals surface area (Å²) in [7, 11) is 0. The number of alkyl halides is 2. The third-order valence-corrected chi connectivity index (χ3v) is 3.58. The molecule has 74 valence electrons. The number of hydrogen-bond acceptors (Lipinski definition) is 1. The zero-order valence-electron chi connectivity index (χ0n) is 7.35. The molecule has 2 unspecified atom stereocenters. The molecule has 0 aliphatic heterocycles. The van der Waals surface area contributed by atoms with Gasteiger partial charge in [-0.1, -0.05) is 19.3 Å². The first-order valence-electron chi connectivity index (χ1n) is 4.68. The van der Waals surface area contributed by atoms with Crippen LogP contribution in [-0.2, 0) is 4.79 Å². The van der Waals surface area contributed by atoms with Crippen molar-refractivity contribution in [3.05, 3.63) is 0 Å². The zero-order chi connectivity index (χ0) is 9.69. The maximum absolute atomic E-state index is 13.7. The molecule has 2 atom stereocenters. The Morgan fingerprint density at radius 1 is 1.31 bits per heavy atom. The van der Waals surface area contributed by atoms with Crippen molar-refractivity contribution in [3.8, 4) is 0 Å². The van der Waals surface area contributed by atoms with Crippen molar-refractivity contribution in [2.75, 3.05) is 0 Å². The Morgan fingerprint density at radius 3 is 2.23 bits per heavy atom. The van der Waals surface area contributed by atoms with Crippen molar-refractivity contribution in [3.63, 3.8) is 0 Å². The van der Waals surface area contributed by atoms with Crippen molar-refractivity contribution in [2.24, 2.45) is 11.1 Å². The van der Waals surface area contributed by atoms with Gasteiger partial charge in [-0.15, -0.1) is 0 Å². The summed E-state index contributed by atoms with van der Waals surface area (Å²) in [4.78, 5) is 10.8. The molecule has 2 aliphatic rings. The van der Waals surface area contributed by atoms with E-state index in [1.54, 1.807) is 0 Å². The molecular formula is C9H13F2NO. The summed E-state index contributed by atoms with van der Waals surface area (Å²) >= 11 is 0. The van der Waals surface area contributed by atoms with E-state index < -0.39 is 23.2 Å². The smallest absolute Gasteiger partial charge is 0.258 e. The molecule has 2 aliphatic carbocycles. The molecule has 1 spiro atoms. The van der Waals surface area contributed by atoms with Gasteiger partial charge in [0, 0.05) is 0 Å². The number of rotatable bonds is 1. The van der Waals surface area contributed by atoms with Gasteiger partial charge in [0.1, 0.15) is 0 Å². The highest BCUT2D eigenvalue weighted by atomic mass is 19.2. The first-order chi connectivity index (χ1) is 6.06. The minimum atomic E-state index is -2.35. The van der Waals surface area contributed by atoms with Gasteiger partial charge in [-0.25, -0.2) is 8.78 Å². The van der Waals surface area contributed by atoms with E-state index in [0.29, 0.717) is 12.8 Å². The van der Waals surface area contributed by atoms with Crippen molar-refractivity contribution in [2.45, 2.75) is 43.9 Å². The van der Waals surface area contributed by atoms with Crippen LogP contribution >= 0.6 is 0 Å². The molecule has 0 saturated heterocycles. The van der Waals surface area contributed by atoms with E-state index in [-0.39, 0.29) is 0 Å². The predicted molar refractivity (Wildman–Crippen MR) is 43.4 cm³/mol. The Hall–Kier alpha value is -0.670. The Labute approximate surface area is 75.5 Å². The van der Waals surface area contributed by atoms with Gasteiger partial charge in [0.25, 0.3) is 5.91 Å². The Morgan fingerprint density at radius 2 is 1.85 bits per heavy atom. The summed E-state index contributed by atoms with van der Waals surface area (Å²) < 4.78 is 27.0. The van der Waals surface area contributed by atoms with Crippen LogP contribution in [0.5, 0.6) is 0 Å². The summed E-state index contributed by atoms with van der Waals surface area (Å²) in [6, 6.07) is 0. The topological polar surface area (TPSA) is 43.1 Å². The summed E-state index contributed by atoms with van der Waals surface area (Å²) in [6.45, 7) is 0. The Balaban J connectivity index is 2.22. The molecule has 0 aromatic rings. The van der Waals surface area contributed by atoms with Gasteiger partial charge >= 0.3 is 0 Å². The van der Waals surface area contributed by atoms with Gasteiger partial charge < -0.3 is 5.73 Å². The van der Waals surface area contributed by atoms with E-state index in [1.807, 2.05) is 0 Å². The molecule has 0 aromatic heterocycles. The minimum Gasteiger partial charge on any atom is -0.367 e. The number of primary amides is 1. The predicted octanol–water partition coefficient (Wildman–Crippen LogP) is 1.48. The monoisotopic (exact) mass is 189 g/mol. The van der Waals surface area contributed by atoms with Gasteiger partial charge in [-0.05, 0) is 12.8 Å². The van der Waals surface area contributed by atoms with Crippen molar-refractivity contribution < 1.29 is 13.6 Å². The van der Waals surface area contributed by atoms with Crippen LogP contribution in [0, 0.1) is 5.41 Å². The number of carbonyl (C=O) groups excluding carboxylic acids is 1. The lowest BCUT2D eigenvalue weighted by Gasteiger charge is -2.21. The molecular weight excluding hydrogens is 176 g/mol. The molecule has 1 amide bonds. The summed E-state index contributed by atoms with van der Waals surface area (Å²) in [5.74, 6) is -1.12. The highest BCUT2D eigenvalue weighted by Crippen LogP contribution is 2.68. The van der Waals surface area contributed by atoms with Crippen LogP contribution < -0.4 is 5.73 Å². The zero-order valence-corrected chi connectivity index (χ0v) is 7.35. The number of nitrogens with two attached hydrogens (primary N) is 1. The SMILES string of the molecule is NC(=O)C1(F)C(F)C12CCCCC2. The molecule has 2 saturated carbocycles. The molecule has 13 heavy (non-hydrogen) atoms. The molecule has 2 N–H and O–H groups in total. The van der Waals surface area contributed by atoms with Crippen molar-refractivity contribution >= 4 is 5.91 Å². The van der Waals surface area contributed by atoms with Crippen LogP contribution in [0.25, 0.3) is 0 Å². The quantitative estimate of drug-likeness (QED) is 0.667. The molecule has 0 heterocycles. The highest BCUT2D eigenvalue weighted by Gasteiger charge is 2.82. The van der Waals surface area contributed by atoms with Crippen LogP contribution in [0.4, 0.5) is 8.78 Å². The maximum Gasteiger partial charge on any atom is 0.258 e.